The van der Waals surface area contributed by atoms with Gasteiger partial charge in [-0.1, -0.05) is 43.9 Å². The Morgan fingerprint density at radius 1 is 1.00 bits per heavy atom. The van der Waals surface area contributed by atoms with E-state index in [9.17, 15) is 0 Å². The molecular formula is C32H41N7O. The summed E-state index contributed by atoms with van der Waals surface area (Å²) >= 11 is 0. The van der Waals surface area contributed by atoms with E-state index in [2.05, 4.69) is 58.3 Å². The Kier molecular flexibility index (Phi) is 8.24. The normalized spacial score (nSPS) is 15.1. The topological polar surface area (TPSA) is 74.2 Å². The molecule has 0 radical (unpaired) electrons. The van der Waals surface area contributed by atoms with E-state index in [0.29, 0.717) is 6.04 Å². The van der Waals surface area contributed by atoms with Crippen LogP contribution < -0.4 is 10.1 Å². The number of methoxy groups -OCH3 is 1. The molecule has 1 N–H and O–H groups in total. The van der Waals surface area contributed by atoms with Gasteiger partial charge in [0.2, 0.25) is 0 Å². The molecule has 4 aromatic rings. The maximum Gasteiger partial charge on any atom is 0.142 e. The Balaban J connectivity index is 1.57. The van der Waals surface area contributed by atoms with Crippen LogP contribution in [0.3, 0.4) is 0 Å². The summed E-state index contributed by atoms with van der Waals surface area (Å²) in [5, 5.41) is 12.3. The second-order valence-electron chi connectivity index (χ2n) is 10.9. The Morgan fingerprint density at radius 3 is 2.33 bits per heavy atom. The summed E-state index contributed by atoms with van der Waals surface area (Å²) in [4.78, 5) is 5.26. The minimum absolute atomic E-state index is 0.410. The molecule has 5 rings (SSSR count). The van der Waals surface area contributed by atoms with E-state index in [4.69, 9.17) is 9.73 Å². The van der Waals surface area contributed by atoms with Crippen LogP contribution in [0.15, 0.2) is 59.6 Å². The summed E-state index contributed by atoms with van der Waals surface area (Å²) in [5.74, 6) is 2.56. The van der Waals surface area contributed by atoms with Gasteiger partial charge in [0.15, 0.2) is 0 Å². The standard InChI is InChI=1S/C32H41N7O/c1-7-22(2)15-25-16-30(27-19-34-38(5)21-27)39(28-11-9-8-10-12-28)32(25)36-23(3)35-29-14-13-24(17-31(29)40-6)26-18-33-37(4)20-26/h13-21,28H,7-12H2,1-6H3,(H,35,36). The van der Waals surface area contributed by atoms with Crippen LogP contribution in [-0.4, -0.2) is 37.1 Å². The largest absolute Gasteiger partial charge is 0.495 e. The number of nitrogens with zero attached hydrogens (tertiary/aromatic N) is 6. The van der Waals surface area contributed by atoms with Crippen molar-refractivity contribution in [3.8, 4) is 28.1 Å². The van der Waals surface area contributed by atoms with Gasteiger partial charge in [-0.05, 0) is 56.9 Å². The van der Waals surface area contributed by atoms with Crippen LogP contribution in [0.2, 0.25) is 0 Å². The summed E-state index contributed by atoms with van der Waals surface area (Å²) in [5.41, 5.74) is 7.75. The fourth-order valence-electron chi connectivity index (χ4n) is 5.54. The molecule has 0 amide bonds. The van der Waals surface area contributed by atoms with Crippen LogP contribution in [0.4, 0.5) is 11.5 Å². The molecule has 3 heterocycles. The minimum Gasteiger partial charge on any atom is -0.495 e. The number of allylic oxidation sites excluding steroid dienone is 1. The van der Waals surface area contributed by atoms with Gasteiger partial charge in [0.05, 0.1) is 30.9 Å². The van der Waals surface area contributed by atoms with Gasteiger partial charge in [0, 0.05) is 49.2 Å². The van der Waals surface area contributed by atoms with Gasteiger partial charge < -0.3 is 14.6 Å². The Bertz CT molecular complexity index is 1530. The molecular weight excluding hydrogens is 498 g/mol. The van der Waals surface area contributed by atoms with E-state index in [1.807, 2.05) is 56.4 Å². The third kappa shape index (κ3) is 5.91. The van der Waals surface area contributed by atoms with Crippen molar-refractivity contribution in [2.75, 3.05) is 12.4 Å². The van der Waals surface area contributed by atoms with Gasteiger partial charge in [-0.3, -0.25) is 9.36 Å². The number of aromatic nitrogens is 5. The zero-order valence-electron chi connectivity index (χ0n) is 24.6. The quantitative estimate of drug-likeness (QED) is 0.183. The summed E-state index contributed by atoms with van der Waals surface area (Å²) in [6.07, 6.45) is 17.3. The van der Waals surface area contributed by atoms with Crippen molar-refractivity contribution in [3.63, 3.8) is 0 Å². The maximum atomic E-state index is 5.77. The smallest absolute Gasteiger partial charge is 0.142 e. The zero-order chi connectivity index (χ0) is 28.2. The molecule has 1 fully saturated rings. The number of amidine groups is 1. The average Bonchev–Trinajstić information content (AvgIpc) is 3.68. The number of ether oxygens (including phenoxy) is 1. The van der Waals surface area contributed by atoms with Crippen molar-refractivity contribution in [2.45, 2.75) is 65.3 Å². The number of benzene rings is 1. The Morgan fingerprint density at radius 2 is 1.70 bits per heavy atom. The van der Waals surface area contributed by atoms with Crippen molar-refractivity contribution in [1.82, 2.24) is 24.1 Å². The molecule has 0 saturated heterocycles. The zero-order valence-corrected chi connectivity index (χ0v) is 24.6. The third-order valence-corrected chi connectivity index (χ3v) is 7.77. The molecule has 3 aromatic heterocycles. The molecule has 1 saturated carbocycles. The van der Waals surface area contributed by atoms with E-state index < -0.39 is 0 Å². The van der Waals surface area contributed by atoms with Crippen molar-refractivity contribution in [2.24, 2.45) is 19.1 Å². The predicted molar refractivity (Wildman–Crippen MR) is 164 cm³/mol. The molecule has 8 heteroatoms. The molecule has 0 bridgehead atoms. The van der Waals surface area contributed by atoms with E-state index in [0.717, 1.165) is 64.6 Å². The third-order valence-electron chi connectivity index (χ3n) is 7.77. The fourth-order valence-corrected chi connectivity index (χ4v) is 5.54. The van der Waals surface area contributed by atoms with E-state index in [1.54, 1.807) is 11.8 Å². The lowest BCUT2D eigenvalue weighted by Gasteiger charge is -2.27. The SMILES string of the molecule is CCC(C)=Cc1cc(-c2cnn(C)c2)n(C2CCCCC2)c1/N=C(\C)Nc1ccc(-c2cnn(C)c2)cc1OC. The first-order valence-corrected chi connectivity index (χ1v) is 14.3. The number of rotatable bonds is 8. The summed E-state index contributed by atoms with van der Waals surface area (Å²) in [7, 11) is 5.59. The van der Waals surface area contributed by atoms with Crippen molar-refractivity contribution in [3.05, 3.63) is 60.2 Å². The van der Waals surface area contributed by atoms with Crippen LogP contribution in [0.25, 0.3) is 28.5 Å². The molecule has 1 aliphatic rings. The first-order valence-electron chi connectivity index (χ1n) is 14.3. The van der Waals surface area contributed by atoms with Gasteiger partial charge in [-0.2, -0.15) is 10.2 Å². The summed E-state index contributed by atoms with van der Waals surface area (Å²) in [6.45, 7) is 6.41. The average molecular weight is 540 g/mol. The number of hydrogen-bond donors (Lipinski definition) is 1. The summed E-state index contributed by atoms with van der Waals surface area (Å²) in [6, 6.07) is 8.87. The first-order chi connectivity index (χ1) is 19.4. The number of aryl methyl sites for hydroxylation is 2. The second-order valence-corrected chi connectivity index (χ2v) is 10.9. The minimum atomic E-state index is 0.410. The fraction of sp³-hybridized carbons (Fsp3) is 0.406. The molecule has 0 spiro atoms. The van der Waals surface area contributed by atoms with Gasteiger partial charge >= 0.3 is 0 Å². The molecule has 0 unspecified atom stereocenters. The number of anilines is 1. The van der Waals surface area contributed by atoms with Crippen molar-refractivity contribution >= 4 is 23.4 Å². The molecule has 210 valence electrons. The first kappa shape index (κ1) is 27.5. The number of aliphatic imine (C=N–C) groups is 1. The molecule has 1 aromatic carbocycles. The van der Waals surface area contributed by atoms with Crippen LogP contribution in [0, 0.1) is 0 Å². The van der Waals surface area contributed by atoms with Crippen LogP contribution in [0.5, 0.6) is 5.75 Å². The van der Waals surface area contributed by atoms with Crippen LogP contribution >= 0.6 is 0 Å². The van der Waals surface area contributed by atoms with E-state index in [-0.39, 0.29) is 0 Å². The highest BCUT2D eigenvalue weighted by Crippen LogP contribution is 2.41. The highest BCUT2D eigenvalue weighted by atomic mass is 16.5. The van der Waals surface area contributed by atoms with Crippen LogP contribution in [-0.2, 0) is 14.1 Å². The van der Waals surface area contributed by atoms with Gasteiger partial charge in [-0.15, -0.1) is 0 Å². The van der Waals surface area contributed by atoms with Crippen LogP contribution in [0.1, 0.15) is 70.9 Å². The lowest BCUT2D eigenvalue weighted by molar-refractivity contribution is 0.358. The lowest BCUT2D eigenvalue weighted by atomic mass is 9.95. The summed E-state index contributed by atoms with van der Waals surface area (Å²) < 4.78 is 11.9. The maximum absolute atomic E-state index is 5.77. The molecule has 8 nitrogen and oxygen atoms in total. The number of nitrogens with one attached hydrogen (secondary N) is 1. The Hall–Kier alpha value is -4.07. The van der Waals surface area contributed by atoms with Gasteiger partial charge in [0.25, 0.3) is 0 Å². The molecule has 0 atom stereocenters. The van der Waals surface area contributed by atoms with Gasteiger partial charge in [-0.25, -0.2) is 4.99 Å². The van der Waals surface area contributed by atoms with Gasteiger partial charge in [0.1, 0.15) is 17.4 Å². The van der Waals surface area contributed by atoms with E-state index >= 15 is 0 Å². The lowest BCUT2D eigenvalue weighted by Crippen LogP contribution is -2.15. The van der Waals surface area contributed by atoms with Crippen molar-refractivity contribution < 1.29 is 4.74 Å². The molecule has 0 aliphatic heterocycles. The highest BCUT2D eigenvalue weighted by molar-refractivity contribution is 5.97. The van der Waals surface area contributed by atoms with E-state index in [1.165, 1.54) is 30.5 Å². The second kappa shape index (κ2) is 12.0. The number of hydrogen-bond acceptors (Lipinski definition) is 4. The predicted octanol–water partition coefficient (Wildman–Crippen LogP) is 7.78. The van der Waals surface area contributed by atoms with Crippen molar-refractivity contribution in [1.29, 1.82) is 0 Å². The molecule has 1 aliphatic carbocycles. The monoisotopic (exact) mass is 539 g/mol. The Labute approximate surface area is 237 Å². The highest BCUT2D eigenvalue weighted by Gasteiger charge is 2.24. The molecule has 40 heavy (non-hydrogen) atoms.